The maximum atomic E-state index is 2.34. The summed E-state index contributed by atoms with van der Waals surface area (Å²) in [6, 6.07) is 8.96. The lowest BCUT2D eigenvalue weighted by atomic mass is 9.88. The highest BCUT2D eigenvalue weighted by Gasteiger charge is 2.18. The minimum Gasteiger partial charge on any atom is -0.0624 e. The molecule has 0 atom stereocenters. The molecule has 1 aromatic carbocycles. The molecule has 2 rings (SSSR count). The van der Waals surface area contributed by atoms with Gasteiger partial charge >= 0.3 is 0 Å². The Morgan fingerprint density at radius 1 is 1.07 bits per heavy atom. The SMILES string of the molecule is CCc1cccc(C2C(C)=CC=C2C)c1. The van der Waals surface area contributed by atoms with Gasteiger partial charge in [-0.3, -0.25) is 0 Å². The van der Waals surface area contributed by atoms with Crippen molar-refractivity contribution in [2.45, 2.75) is 33.1 Å². The Morgan fingerprint density at radius 3 is 2.33 bits per heavy atom. The third-order valence-electron chi connectivity index (χ3n) is 3.21. The molecule has 0 amide bonds. The Morgan fingerprint density at radius 2 is 1.73 bits per heavy atom. The first-order chi connectivity index (χ1) is 7.22. The summed E-state index contributed by atoms with van der Waals surface area (Å²) in [4.78, 5) is 0. The third kappa shape index (κ3) is 1.90. The van der Waals surface area contributed by atoms with Crippen molar-refractivity contribution in [3.05, 3.63) is 58.7 Å². The molecule has 78 valence electrons. The van der Waals surface area contributed by atoms with Crippen LogP contribution >= 0.6 is 0 Å². The number of rotatable bonds is 2. The van der Waals surface area contributed by atoms with Crippen LogP contribution in [0.15, 0.2) is 47.6 Å². The molecule has 0 radical (unpaired) electrons. The van der Waals surface area contributed by atoms with Gasteiger partial charge in [-0.15, -0.1) is 0 Å². The summed E-state index contributed by atoms with van der Waals surface area (Å²) in [6.07, 6.45) is 5.59. The van der Waals surface area contributed by atoms with Crippen LogP contribution in [0.3, 0.4) is 0 Å². The van der Waals surface area contributed by atoms with Gasteiger partial charge in [-0.05, 0) is 31.4 Å². The van der Waals surface area contributed by atoms with Crippen LogP contribution in [0.2, 0.25) is 0 Å². The Hall–Kier alpha value is -1.30. The van der Waals surface area contributed by atoms with Gasteiger partial charge in [0.1, 0.15) is 0 Å². The van der Waals surface area contributed by atoms with Gasteiger partial charge in [-0.1, -0.05) is 54.5 Å². The van der Waals surface area contributed by atoms with Gasteiger partial charge in [0.15, 0.2) is 0 Å². The fraction of sp³-hybridized carbons (Fsp3) is 0.333. The van der Waals surface area contributed by atoms with E-state index >= 15 is 0 Å². The van der Waals surface area contributed by atoms with Crippen molar-refractivity contribution in [3.63, 3.8) is 0 Å². The van der Waals surface area contributed by atoms with Crippen LogP contribution in [0.4, 0.5) is 0 Å². The first-order valence-electron chi connectivity index (χ1n) is 5.66. The second-order valence-electron chi connectivity index (χ2n) is 4.35. The Labute approximate surface area is 92.3 Å². The molecule has 0 fully saturated rings. The lowest BCUT2D eigenvalue weighted by Crippen LogP contribution is -1.99. The molecule has 0 saturated carbocycles. The maximum Gasteiger partial charge on any atom is 0.0258 e. The van der Waals surface area contributed by atoms with E-state index in [4.69, 9.17) is 0 Å². The molecule has 0 nitrogen and oxygen atoms in total. The van der Waals surface area contributed by atoms with Gasteiger partial charge < -0.3 is 0 Å². The van der Waals surface area contributed by atoms with E-state index in [2.05, 4.69) is 57.2 Å². The highest BCUT2D eigenvalue weighted by atomic mass is 14.2. The van der Waals surface area contributed by atoms with Gasteiger partial charge in [0.05, 0.1) is 0 Å². The fourth-order valence-corrected chi connectivity index (χ4v) is 2.33. The molecule has 0 spiro atoms. The van der Waals surface area contributed by atoms with E-state index < -0.39 is 0 Å². The second-order valence-corrected chi connectivity index (χ2v) is 4.35. The maximum absolute atomic E-state index is 2.34. The number of hydrogen-bond donors (Lipinski definition) is 0. The van der Waals surface area contributed by atoms with Crippen molar-refractivity contribution in [1.82, 2.24) is 0 Å². The summed E-state index contributed by atoms with van der Waals surface area (Å²) in [5, 5.41) is 0. The van der Waals surface area contributed by atoms with Crippen LogP contribution in [0.1, 0.15) is 37.8 Å². The van der Waals surface area contributed by atoms with Gasteiger partial charge in [0.25, 0.3) is 0 Å². The minimum absolute atomic E-state index is 0.525. The van der Waals surface area contributed by atoms with Crippen molar-refractivity contribution in [2.24, 2.45) is 0 Å². The highest BCUT2D eigenvalue weighted by molar-refractivity contribution is 5.45. The Bertz CT molecular complexity index is 403. The van der Waals surface area contributed by atoms with Crippen LogP contribution in [-0.2, 0) is 6.42 Å². The Kier molecular flexibility index (Phi) is 2.77. The zero-order valence-electron chi connectivity index (χ0n) is 9.75. The van der Waals surface area contributed by atoms with E-state index in [0.717, 1.165) is 6.42 Å². The molecule has 0 bridgehead atoms. The van der Waals surface area contributed by atoms with Gasteiger partial charge in [0.2, 0.25) is 0 Å². The fourth-order valence-electron chi connectivity index (χ4n) is 2.33. The van der Waals surface area contributed by atoms with Crippen molar-refractivity contribution in [1.29, 1.82) is 0 Å². The molecule has 0 heteroatoms. The highest BCUT2D eigenvalue weighted by Crippen LogP contribution is 2.35. The molecule has 0 aliphatic heterocycles. The molecule has 1 aliphatic carbocycles. The molecular weight excluding hydrogens is 180 g/mol. The van der Waals surface area contributed by atoms with Crippen molar-refractivity contribution in [3.8, 4) is 0 Å². The van der Waals surface area contributed by atoms with E-state index in [1.165, 1.54) is 22.3 Å². The van der Waals surface area contributed by atoms with Crippen molar-refractivity contribution < 1.29 is 0 Å². The van der Waals surface area contributed by atoms with E-state index in [0.29, 0.717) is 5.92 Å². The van der Waals surface area contributed by atoms with Gasteiger partial charge in [0, 0.05) is 5.92 Å². The average Bonchev–Trinajstić information content (AvgIpc) is 2.59. The summed E-state index contributed by atoms with van der Waals surface area (Å²) < 4.78 is 0. The molecule has 0 aromatic heterocycles. The molecule has 0 saturated heterocycles. The van der Waals surface area contributed by atoms with Gasteiger partial charge in [-0.2, -0.15) is 0 Å². The summed E-state index contributed by atoms with van der Waals surface area (Å²) >= 11 is 0. The lowest BCUT2D eigenvalue weighted by molar-refractivity contribution is 0.937. The average molecular weight is 198 g/mol. The van der Waals surface area contributed by atoms with Crippen molar-refractivity contribution >= 4 is 0 Å². The lowest BCUT2D eigenvalue weighted by Gasteiger charge is -2.16. The van der Waals surface area contributed by atoms with E-state index in [-0.39, 0.29) is 0 Å². The van der Waals surface area contributed by atoms with E-state index in [1.54, 1.807) is 0 Å². The summed E-state index contributed by atoms with van der Waals surface area (Å²) in [5.41, 5.74) is 5.79. The second kappa shape index (κ2) is 4.06. The molecular formula is C15H18. The van der Waals surface area contributed by atoms with E-state index in [1.807, 2.05) is 0 Å². The number of allylic oxidation sites excluding steroid dienone is 4. The molecule has 0 heterocycles. The number of hydrogen-bond acceptors (Lipinski definition) is 0. The molecule has 1 aliphatic rings. The predicted octanol–water partition coefficient (Wildman–Crippen LogP) is 4.24. The summed E-state index contributed by atoms with van der Waals surface area (Å²) in [7, 11) is 0. The molecule has 0 unspecified atom stereocenters. The van der Waals surface area contributed by atoms with Crippen molar-refractivity contribution in [2.75, 3.05) is 0 Å². The zero-order valence-corrected chi connectivity index (χ0v) is 9.75. The monoisotopic (exact) mass is 198 g/mol. The largest absolute Gasteiger partial charge is 0.0624 e. The minimum atomic E-state index is 0.525. The number of benzene rings is 1. The van der Waals surface area contributed by atoms with Crippen LogP contribution in [-0.4, -0.2) is 0 Å². The van der Waals surface area contributed by atoms with Crippen LogP contribution in [0, 0.1) is 0 Å². The molecule has 0 N–H and O–H groups in total. The van der Waals surface area contributed by atoms with E-state index in [9.17, 15) is 0 Å². The number of aryl methyl sites for hydroxylation is 1. The summed E-state index contributed by atoms with van der Waals surface area (Å²) in [5.74, 6) is 0.525. The quantitative estimate of drug-likeness (QED) is 0.666. The zero-order chi connectivity index (χ0) is 10.8. The van der Waals surface area contributed by atoms with Crippen LogP contribution < -0.4 is 0 Å². The standard InChI is InChI=1S/C15H18/c1-4-13-6-5-7-14(10-13)15-11(2)8-9-12(15)3/h5-10,15H,4H2,1-3H3. The Balaban J connectivity index is 2.37. The predicted molar refractivity (Wildman–Crippen MR) is 66.1 cm³/mol. The third-order valence-corrected chi connectivity index (χ3v) is 3.21. The topological polar surface area (TPSA) is 0 Å². The molecule has 15 heavy (non-hydrogen) atoms. The normalized spacial score (nSPS) is 16.5. The molecule has 1 aromatic rings. The van der Waals surface area contributed by atoms with Gasteiger partial charge in [-0.25, -0.2) is 0 Å². The first kappa shape index (κ1) is 10.2. The summed E-state index contributed by atoms with van der Waals surface area (Å²) in [6.45, 7) is 6.64. The van der Waals surface area contributed by atoms with Crippen LogP contribution in [0.25, 0.3) is 0 Å². The smallest absolute Gasteiger partial charge is 0.0258 e. The first-order valence-corrected chi connectivity index (χ1v) is 5.66. The van der Waals surface area contributed by atoms with Crippen LogP contribution in [0.5, 0.6) is 0 Å².